The zero-order valence-corrected chi connectivity index (χ0v) is 11.9. The lowest BCUT2D eigenvalue weighted by molar-refractivity contribution is -0.122. The number of Topliss-reactive ketones (excluding diaryl/α,β-unsaturated/α-hetero) is 2. The number of carbonyl (C=O) groups excluding carboxylic acids is 2. The second kappa shape index (κ2) is 9.38. The van der Waals surface area contributed by atoms with E-state index in [1.165, 1.54) is 0 Å². The Kier molecular flexibility index (Phi) is 9.01. The smallest absolute Gasteiger partial charge is 0.135 e. The highest BCUT2D eigenvalue weighted by molar-refractivity contribution is 5.80. The van der Waals surface area contributed by atoms with Gasteiger partial charge in [0.25, 0.3) is 0 Å². The molecule has 0 bridgehead atoms. The van der Waals surface area contributed by atoms with Crippen LogP contribution in [0.15, 0.2) is 0 Å². The van der Waals surface area contributed by atoms with Gasteiger partial charge in [-0.2, -0.15) is 0 Å². The topological polar surface area (TPSA) is 34.1 Å². The zero-order valence-electron chi connectivity index (χ0n) is 11.9. The molecule has 0 saturated heterocycles. The summed E-state index contributed by atoms with van der Waals surface area (Å²) in [7, 11) is 0. The van der Waals surface area contributed by atoms with Crippen LogP contribution in [0.1, 0.15) is 72.6 Å². The molecule has 0 heterocycles. The lowest BCUT2D eigenvalue weighted by Crippen LogP contribution is -2.15. The summed E-state index contributed by atoms with van der Waals surface area (Å²) in [6.45, 7) is 7.83. The normalized spacial score (nSPS) is 14.4. The molecule has 2 heteroatoms. The Bertz CT molecular complexity index is 233. The van der Waals surface area contributed by atoms with Gasteiger partial charge in [0.1, 0.15) is 11.6 Å². The van der Waals surface area contributed by atoms with Gasteiger partial charge in [-0.25, -0.2) is 0 Å². The first-order valence-corrected chi connectivity index (χ1v) is 7.07. The van der Waals surface area contributed by atoms with E-state index < -0.39 is 0 Å². The minimum absolute atomic E-state index is 0.214. The van der Waals surface area contributed by atoms with Gasteiger partial charge in [0.2, 0.25) is 0 Å². The van der Waals surface area contributed by atoms with Crippen molar-refractivity contribution in [1.29, 1.82) is 0 Å². The first-order chi connectivity index (χ1) is 8.04. The number of hydrogen-bond donors (Lipinski definition) is 0. The summed E-state index contributed by atoms with van der Waals surface area (Å²) in [6, 6.07) is 0. The van der Waals surface area contributed by atoms with Crippen LogP contribution in [-0.2, 0) is 9.59 Å². The molecule has 0 aliphatic carbocycles. The Balaban J connectivity index is 4.16. The molecule has 0 radical (unpaired) electrons. The van der Waals surface area contributed by atoms with Crippen LogP contribution in [0.2, 0.25) is 0 Å². The van der Waals surface area contributed by atoms with Gasteiger partial charge in [-0.15, -0.1) is 0 Å². The van der Waals surface area contributed by atoms with Crippen molar-refractivity contribution < 1.29 is 9.59 Å². The van der Waals surface area contributed by atoms with Gasteiger partial charge in [-0.3, -0.25) is 4.79 Å². The molecule has 0 aromatic heterocycles. The van der Waals surface area contributed by atoms with Gasteiger partial charge in [0.15, 0.2) is 0 Å². The summed E-state index contributed by atoms with van der Waals surface area (Å²) >= 11 is 0. The van der Waals surface area contributed by atoms with E-state index in [-0.39, 0.29) is 11.7 Å². The van der Waals surface area contributed by atoms with E-state index in [2.05, 4.69) is 13.8 Å². The predicted octanol–water partition coefficient (Wildman–Crippen LogP) is 4.17. The summed E-state index contributed by atoms with van der Waals surface area (Å²) in [5, 5.41) is 0. The van der Waals surface area contributed by atoms with Crippen LogP contribution < -0.4 is 0 Å². The molecular weight excluding hydrogens is 212 g/mol. The Hall–Kier alpha value is -0.660. The van der Waals surface area contributed by atoms with Gasteiger partial charge < -0.3 is 4.79 Å². The fourth-order valence-electron chi connectivity index (χ4n) is 2.48. The number of hydrogen-bond acceptors (Lipinski definition) is 2. The fraction of sp³-hybridized carbons (Fsp3) is 0.867. The second-order valence-corrected chi connectivity index (χ2v) is 5.06. The van der Waals surface area contributed by atoms with E-state index in [1.54, 1.807) is 6.92 Å². The van der Waals surface area contributed by atoms with Gasteiger partial charge in [-0.1, -0.05) is 33.6 Å². The van der Waals surface area contributed by atoms with Crippen molar-refractivity contribution in [3.05, 3.63) is 0 Å². The Morgan fingerprint density at radius 2 is 1.65 bits per heavy atom. The molecule has 0 amide bonds. The third-order valence-electron chi connectivity index (χ3n) is 3.49. The maximum Gasteiger partial charge on any atom is 0.135 e. The first kappa shape index (κ1) is 16.3. The minimum atomic E-state index is 0.214. The van der Waals surface area contributed by atoms with Crippen molar-refractivity contribution in [2.45, 2.75) is 72.6 Å². The van der Waals surface area contributed by atoms with Crippen LogP contribution in [0.25, 0.3) is 0 Å². The van der Waals surface area contributed by atoms with Gasteiger partial charge in [-0.05, 0) is 32.1 Å². The van der Waals surface area contributed by atoms with E-state index >= 15 is 0 Å². The van der Waals surface area contributed by atoms with Crippen molar-refractivity contribution in [2.24, 2.45) is 11.8 Å². The fourth-order valence-corrected chi connectivity index (χ4v) is 2.48. The molecule has 0 N–H and O–H groups in total. The van der Waals surface area contributed by atoms with E-state index in [1.807, 2.05) is 6.92 Å². The summed E-state index contributed by atoms with van der Waals surface area (Å²) in [5.41, 5.74) is 0. The Labute approximate surface area is 106 Å². The average molecular weight is 240 g/mol. The maximum absolute atomic E-state index is 11.7. The van der Waals surface area contributed by atoms with Crippen molar-refractivity contribution in [2.75, 3.05) is 0 Å². The standard InChI is InChI=1S/C15H28O2/c1-5-8-13(11-12(4)16)9-10-14(6-2)15(17)7-3/h13-14H,5-11H2,1-4H3. The third kappa shape index (κ3) is 7.30. The van der Waals surface area contributed by atoms with Crippen LogP contribution >= 0.6 is 0 Å². The molecule has 0 aromatic rings. The Morgan fingerprint density at radius 3 is 2.06 bits per heavy atom. The highest BCUT2D eigenvalue weighted by atomic mass is 16.1. The quantitative estimate of drug-likeness (QED) is 0.574. The molecule has 2 atom stereocenters. The van der Waals surface area contributed by atoms with Crippen LogP contribution in [0.5, 0.6) is 0 Å². The molecular formula is C15H28O2. The lowest BCUT2D eigenvalue weighted by atomic mass is 9.86. The van der Waals surface area contributed by atoms with Gasteiger partial charge >= 0.3 is 0 Å². The molecule has 17 heavy (non-hydrogen) atoms. The molecule has 0 rings (SSSR count). The van der Waals surface area contributed by atoms with Gasteiger partial charge in [0.05, 0.1) is 0 Å². The predicted molar refractivity (Wildman–Crippen MR) is 72.0 cm³/mol. The summed E-state index contributed by atoms with van der Waals surface area (Å²) < 4.78 is 0. The van der Waals surface area contributed by atoms with Crippen LogP contribution in [-0.4, -0.2) is 11.6 Å². The highest BCUT2D eigenvalue weighted by Crippen LogP contribution is 2.23. The molecule has 2 unspecified atom stereocenters. The van der Waals surface area contributed by atoms with Crippen LogP contribution in [0, 0.1) is 11.8 Å². The summed E-state index contributed by atoms with van der Waals surface area (Å²) in [4.78, 5) is 22.8. The summed E-state index contributed by atoms with van der Waals surface area (Å²) in [5.74, 6) is 1.35. The lowest BCUT2D eigenvalue weighted by Gasteiger charge is -2.18. The number of rotatable bonds is 10. The molecule has 0 aliphatic heterocycles. The molecule has 0 fully saturated rings. The SMILES string of the molecule is CCCC(CCC(CC)C(=O)CC)CC(C)=O. The minimum Gasteiger partial charge on any atom is -0.300 e. The van der Waals surface area contributed by atoms with E-state index in [9.17, 15) is 9.59 Å². The van der Waals surface area contributed by atoms with Gasteiger partial charge in [0, 0.05) is 18.8 Å². The molecule has 0 aromatic carbocycles. The van der Waals surface area contributed by atoms with E-state index in [4.69, 9.17) is 0 Å². The summed E-state index contributed by atoms with van der Waals surface area (Å²) in [6.07, 6.45) is 6.48. The van der Waals surface area contributed by atoms with Crippen molar-refractivity contribution in [1.82, 2.24) is 0 Å². The van der Waals surface area contributed by atoms with Crippen molar-refractivity contribution in [3.8, 4) is 0 Å². The number of ketones is 2. The van der Waals surface area contributed by atoms with E-state index in [0.29, 0.717) is 24.5 Å². The second-order valence-electron chi connectivity index (χ2n) is 5.06. The number of carbonyl (C=O) groups is 2. The van der Waals surface area contributed by atoms with Crippen LogP contribution in [0.4, 0.5) is 0 Å². The first-order valence-electron chi connectivity index (χ1n) is 7.07. The largest absolute Gasteiger partial charge is 0.300 e. The van der Waals surface area contributed by atoms with Crippen LogP contribution in [0.3, 0.4) is 0 Å². The molecule has 0 saturated carbocycles. The Morgan fingerprint density at radius 1 is 1.00 bits per heavy atom. The zero-order chi connectivity index (χ0) is 13.3. The average Bonchev–Trinajstić information content (AvgIpc) is 2.28. The molecule has 0 spiro atoms. The van der Waals surface area contributed by atoms with E-state index in [0.717, 1.165) is 32.1 Å². The van der Waals surface area contributed by atoms with Crippen molar-refractivity contribution in [3.63, 3.8) is 0 Å². The highest BCUT2D eigenvalue weighted by Gasteiger charge is 2.17. The molecule has 100 valence electrons. The van der Waals surface area contributed by atoms with Crippen molar-refractivity contribution >= 4 is 11.6 Å². The molecule has 2 nitrogen and oxygen atoms in total. The maximum atomic E-state index is 11.7. The third-order valence-corrected chi connectivity index (χ3v) is 3.49. The molecule has 0 aliphatic rings. The monoisotopic (exact) mass is 240 g/mol.